The maximum atomic E-state index is 11.3. The van der Waals surface area contributed by atoms with Crippen LogP contribution < -0.4 is 22.1 Å². The second-order valence-corrected chi connectivity index (χ2v) is 9.83. The molecular weight excluding hydrogens is 360 g/mol. The number of hydrogen-bond acceptors (Lipinski definition) is 6. The third-order valence-electron chi connectivity index (χ3n) is 4.58. The van der Waals surface area contributed by atoms with Crippen LogP contribution in [0.15, 0.2) is 0 Å². The minimum Gasteiger partial charge on any atom is -0.444 e. The Labute approximate surface area is 169 Å². The zero-order valence-corrected chi connectivity index (χ0v) is 18.3. The van der Waals surface area contributed by atoms with E-state index in [2.05, 4.69) is 10.6 Å². The summed E-state index contributed by atoms with van der Waals surface area (Å²) in [7, 11) is 0. The Balaban J connectivity index is 0.000000280. The van der Waals surface area contributed by atoms with E-state index in [4.69, 9.17) is 20.9 Å². The van der Waals surface area contributed by atoms with E-state index in [1.165, 1.54) is 0 Å². The summed E-state index contributed by atoms with van der Waals surface area (Å²) in [6.07, 6.45) is 3.28. The number of rotatable bonds is 4. The molecule has 2 aliphatic carbocycles. The first-order chi connectivity index (χ1) is 12.8. The van der Waals surface area contributed by atoms with Crippen LogP contribution in [-0.4, -0.2) is 48.6 Å². The lowest BCUT2D eigenvalue weighted by molar-refractivity contribution is 0.0443. The molecule has 8 nitrogen and oxygen atoms in total. The molecule has 0 heterocycles. The van der Waals surface area contributed by atoms with E-state index < -0.39 is 11.2 Å². The van der Waals surface area contributed by atoms with Crippen molar-refractivity contribution in [2.24, 2.45) is 23.3 Å². The lowest BCUT2D eigenvalue weighted by Crippen LogP contribution is -2.47. The van der Waals surface area contributed by atoms with Crippen LogP contribution in [0, 0.1) is 11.8 Å². The number of nitrogens with two attached hydrogens (primary N) is 2. The average Bonchev–Trinajstić information content (AvgIpc) is 2.42. The first kappa shape index (κ1) is 24.5. The molecule has 2 amide bonds. The van der Waals surface area contributed by atoms with E-state index in [0.717, 1.165) is 25.7 Å². The Morgan fingerprint density at radius 3 is 1.25 bits per heavy atom. The summed E-state index contributed by atoms with van der Waals surface area (Å²) in [6.45, 7) is 12.6. The molecule has 2 aliphatic rings. The van der Waals surface area contributed by atoms with Crippen LogP contribution in [0.3, 0.4) is 0 Å². The normalized spacial score (nSPS) is 26.6. The molecule has 2 fully saturated rings. The number of amides is 2. The Hall–Kier alpha value is -1.54. The molecule has 2 saturated carbocycles. The Morgan fingerprint density at radius 1 is 0.750 bits per heavy atom. The number of alkyl carbamates (subject to hydrolysis) is 2. The van der Waals surface area contributed by atoms with Crippen molar-refractivity contribution in [3.05, 3.63) is 0 Å². The third-order valence-corrected chi connectivity index (χ3v) is 4.58. The van der Waals surface area contributed by atoms with Crippen LogP contribution in [0.5, 0.6) is 0 Å². The Bertz CT molecular complexity index is 455. The zero-order valence-electron chi connectivity index (χ0n) is 18.3. The van der Waals surface area contributed by atoms with Crippen LogP contribution in [-0.2, 0) is 9.47 Å². The lowest BCUT2D eigenvalue weighted by atomic mass is 9.80. The molecule has 0 saturated heterocycles. The van der Waals surface area contributed by atoms with Gasteiger partial charge in [-0.1, -0.05) is 0 Å². The summed E-state index contributed by atoms with van der Waals surface area (Å²) in [5.41, 5.74) is 10.1. The number of ether oxygens (including phenoxy) is 2. The van der Waals surface area contributed by atoms with Gasteiger partial charge in [-0.25, -0.2) is 9.59 Å². The molecule has 0 radical (unpaired) electrons. The fourth-order valence-corrected chi connectivity index (χ4v) is 3.04. The quantitative estimate of drug-likeness (QED) is 0.574. The molecule has 0 spiro atoms. The van der Waals surface area contributed by atoms with Crippen LogP contribution >= 0.6 is 0 Å². The molecular formula is C20H40N4O4. The van der Waals surface area contributed by atoms with Gasteiger partial charge in [-0.05, 0) is 92.2 Å². The fraction of sp³-hybridized carbons (Fsp3) is 0.900. The van der Waals surface area contributed by atoms with Crippen LogP contribution in [0.1, 0.15) is 67.2 Å². The van der Waals surface area contributed by atoms with Crippen LogP contribution in [0.4, 0.5) is 9.59 Å². The summed E-state index contributed by atoms with van der Waals surface area (Å²) in [4.78, 5) is 22.6. The predicted octanol–water partition coefficient (Wildman–Crippen LogP) is 2.50. The van der Waals surface area contributed by atoms with Crippen LogP contribution in [0.2, 0.25) is 0 Å². The van der Waals surface area contributed by atoms with Gasteiger partial charge in [0.15, 0.2) is 0 Å². The predicted molar refractivity (Wildman–Crippen MR) is 110 cm³/mol. The van der Waals surface area contributed by atoms with Crippen molar-refractivity contribution in [3.63, 3.8) is 0 Å². The Kier molecular flexibility index (Phi) is 9.01. The molecule has 28 heavy (non-hydrogen) atoms. The maximum Gasteiger partial charge on any atom is 0.407 e. The zero-order chi connectivity index (χ0) is 21.5. The molecule has 0 atom stereocenters. The topological polar surface area (TPSA) is 129 Å². The molecule has 6 N–H and O–H groups in total. The van der Waals surface area contributed by atoms with Crippen molar-refractivity contribution in [3.8, 4) is 0 Å². The van der Waals surface area contributed by atoms with Crippen molar-refractivity contribution in [2.75, 3.05) is 13.1 Å². The highest BCUT2D eigenvalue weighted by Crippen LogP contribution is 2.27. The third kappa shape index (κ3) is 10.1. The van der Waals surface area contributed by atoms with Gasteiger partial charge in [0.1, 0.15) is 11.2 Å². The van der Waals surface area contributed by atoms with Gasteiger partial charge < -0.3 is 31.6 Å². The molecule has 0 aromatic rings. The van der Waals surface area contributed by atoms with Crippen molar-refractivity contribution >= 4 is 12.2 Å². The minimum absolute atomic E-state index is 0.262. The second kappa shape index (κ2) is 10.3. The van der Waals surface area contributed by atoms with Gasteiger partial charge in [-0.2, -0.15) is 0 Å². The number of carbonyl (C=O) groups excluding carboxylic acids is 2. The first-order valence-electron chi connectivity index (χ1n) is 10.2. The maximum absolute atomic E-state index is 11.3. The largest absolute Gasteiger partial charge is 0.444 e. The van der Waals surface area contributed by atoms with Gasteiger partial charge in [-0.15, -0.1) is 0 Å². The highest BCUT2D eigenvalue weighted by molar-refractivity contribution is 5.68. The smallest absolute Gasteiger partial charge is 0.407 e. The summed E-state index contributed by atoms with van der Waals surface area (Å²) in [6, 6.07) is 0.525. The minimum atomic E-state index is -0.416. The van der Waals surface area contributed by atoms with E-state index in [9.17, 15) is 9.59 Å². The van der Waals surface area contributed by atoms with Crippen molar-refractivity contribution in [1.82, 2.24) is 10.6 Å². The van der Waals surface area contributed by atoms with E-state index in [1.807, 2.05) is 41.5 Å². The van der Waals surface area contributed by atoms with E-state index in [1.54, 1.807) is 0 Å². The lowest BCUT2D eigenvalue weighted by Gasteiger charge is -2.35. The Morgan fingerprint density at radius 2 is 1.04 bits per heavy atom. The van der Waals surface area contributed by atoms with Crippen molar-refractivity contribution in [2.45, 2.75) is 90.5 Å². The average molecular weight is 401 g/mol. The number of hydrogen-bond donors (Lipinski definition) is 4. The van der Waals surface area contributed by atoms with Crippen molar-refractivity contribution < 1.29 is 19.1 Å². The van der Waals surface area contributed by atoms with Gasteiger partial charge >= 0.3 is 12.2 Å². The fourth-order valence-electron chi connectivity index (χ4n) is 3.04. The monoisotopic (exact) mass is 400 g/mol. The van der Waals surface area contributed by atoms with E-state index >= 15 is 0 Å². The van der Waals surface area contributed by atoms with Gasteiger partial charge in [-0.3, -0.25) is 0 Å². The molecule has 0 bridgehead atoms. The summed E-state index contributed by atoms with van der Waals surface area (Å²) in [5, 5.41) is 5.64. The number of nitrogens with one attached hydrogen (secondary N) is 2. The number of carbonyl (C=O) groups is 2. The van der Waals surface area contributed by atoms with Gasteiger partial charge in [0.05, 0.1) is 0 Å². The molecule has 0 aromatic heterocycles. The van der Waals surface area contributed by atoms with Gasteiger partial charge in [0, 0.05) is 12.1 Å². The van der Waals surface area contributed by atoms with E-state index in [0.29, 0.717) is 24.9 Å². The van der Waals surface area contributed by atoms with Gasteiger partial charge in [0.25, 0.3) is 0 Å². The highest BCUT2D eigenvalue weighted by Gasteiger charge is 2.31. The molecule has 0 aliphatic heterocycles. The molecule has 2 rings (SSSR count). The molecule has 164 valence electrons. The summed E-state index contributed by atoms with van der Waals surface area (Å²) in [5.74, 6) is 1.16. The van der Waals surface area contributed by atoms with Gasteiger partial charge in [0.2, 0.25) is 0 Å². The highest BCUT2D eigenvalue weighted by atomic mass is 16.6. The second-order valence-electron chi connectivity index (χ2n) is 9.83. The molecule has 0 unspecified atom stereocenters. The van der Waals surface area contributed by atoms with E-state index in [-0.39, 0.29) is 24.3 Å². The molecule has 0 aromatic carbocycles. The summed E-state index contributed by atoms with van der Waals surface area (Å²) < 4.78 is 10.3. The van der Waals surface area contributed by atoms with Crippen molar-refractivity contribution in [1.29, 1.82) is 0 Å². The molecule has 8 heteroatoms. The van der Waals surface area contributed by atoms with Crippen LogP contribution in [0.25, 0.3) is 0 Å². The summed E-state index contributed by atoms with van der Waals surface area (Å²) >= 11 is 0. The SMILES string of the molecule is CC(C)(C)OC(=O)NC1CC(CN)C1.CC(C)(C)OC(=O)NC1CC(CN)C1. The standard InChI is InChI=1S/2C10H20N2O2/c2*1-10(2,3)14-9(13)12-8-4-7(5-8)6-11/h2*7-8H,4-6,11H2,1-3H3,(H,12,13). The first-order valence-corrected chi connectivity index (χ1v) is 10.2.